The zero-order valence-electron chi connectivity index (χ0n) is 14.0. The largest absolute Gasteiger partial charge is 0.398 e. The molecule has 2 rings (SSSR count). The molecule has 2 aromatic carbocycles. The zero-order valence-corrected chi connectivity index (χ0v) is 15.0. The average Bonchev–Trinajstić information content (AvgIpc) is 2.57. The number of rotatable bonds is 6. The minimum atomic E-state index is -1.70. The first-order valence-electron chi connectivity index (χ1n) is 7.61. The van der Waals surface area contributed by atoms with Crippen molar-refractivity contribution in [2.75, 3.05) is 19.5 Å². The van der Waals surface area contributed by atoms with Crippen LogP contribution in [0.15, 0.2) is 60.7 Å². The van der Waals surface area contributed by atoms with Crippen LogP contribution in [0.4, 0.5) is 11.4 Å². The molecule has 0 radical (unpaired) electrons. The molecule has 0 bridgehead atoms. The summed E-state index contributed by atoms with van der Waals surface area (Å²) in [5, 5.41) is 3.30. The molecule has 0 aliphatic rings. The van der Waals surface area contributed by atoms with Crippen molar-refractivity contribution in [1.82, 2.24) is 0 Å². The van der Waals surface area contributed by atoms with Gasteiger partial charge < -0.3 is 14.2 Å². The molecule has 0 spiro atoms. The van der Waals surface area contributed by atoms with Crippen LogP contribution in [-0.2, 0) is 8.85 Å². The molecular weight excluding hydrogens is 290 g/mol. The van der Waals surface area contributed by atoms with Gasteiger partial charge >= 0.3 is 8.56 Å². The van der Waals surface area contributed by atoms with Crippen LogP contribution >= 0.6 is 0 Å². The van der Waals surface area contributed by atoms with Crippen molar-refractivity contribution in [2.45, 2.75) is 25.9 Å². The summed E-state index contributed by atoms with van der Waals surface area (Å²) in [5.41, 5.74) is 2.24. The van der Waals surface area contributed by atoms with Crippen molar-refractivity contribution in [3.05, 3.63) is 60.7 Å². The second-order valence-corrected chi connectivity index (χ2v) is 8.73. The Hall–Kier alpha value is -1.62. The van der Waals surface area contributed by atoms with Crippen LogP contribution in [0.25, 0.3) is 0 Å². The maximum Gasteiger partial charge on any atom is 0.334 e. The maximum absolute atomic E-state index is 5.24. The van der Waals surface area contributed by atoms with Crippen LogP contribution in [0, 0.1) is 0 Å². The van der Waals surface area contributed by atoms with E-state index in [-0.39, 0.29) is 0 Å². The highest BCUT2D eigenvalue weighted by Crippen LogP contribution is 2.14. The van der Waals surface area contributed by atoms with Crippen molar-refractivity contribution in [1.29, 1.82) is 0 Å². The fraction of sp³-hybridized carbons (Fsp3) is 0.333. The van der Waals surface area contributed by atoms with Crippen LogP contribution in [0.3, 0.4) is 0 Å². The lowest BCUT2D eigenvalue weighted by atomic mass is 10.3. The molecule has 0 heterocycles. The first-order chi connectivity index (χ1) is 10.6. The number of nitrogens with one attached hydrogen (secondary N) is 1. The highest BCUT2D eigenvalue weighted by molar-refractivity contribution is 6.65. The lowest BCUT2D eigenvalue weighted by Gasteiger charge is -2.21. The smallest absolute Gasteiger partial charge is 0.334 e. The minimum Gasteiger partial charge on any atom is -0.398 e. The molecule has 2 aromatic rings. The van der Waals surface area contributed by atoms with E-state index in [1.165, 1.54) is 0 Å². The Morgan fingerprint density at radius 1 is 0.818 bits per heavy atom. The zero-order chi connectivity index (χ0) is 16.3. The van der Waals surface area contributed by atoms with Crippen molar-refractivity contribution < 1.29 is 8.85 Å². The van der Waals surface area contributed by atoms with E-state index in [9.17, 15) is 0 Å². The molecule has 0 atom stereocenters. The van der Waals surface area contributed by atoms with Crippen molar-refractivity contribution in [2.24, 2.45) is 0 Å². The van der Waals surface area contributed by atoms with Gasteiger partial charge in [0.25, 0.3) is 0 Å². The first kappa shape index (κ1) is 18.4. The lowest BCUT2D eigenvalue weighted by Crippen LogP contribution is -2.35. The number of hydrogen-bond acceptors (Lipinski definition) is 3. The summed E-state index contributed by atoms with van der Waals surface area (Å²) >= 11 is 0. The highest BCUT2D eigenvalue weighted by Gasteiger charge is 2.26. The fourth-order valence-electron chi connectivity index (χ4n) is 1.95. The van der Waals surface area contributed by atoms with Gasteiger partial charge in [0.2, 0.25) is 0 Å². The molecule has 4 heteroatoms. The van der Waals surface area contributed by atoms with Crippen LogP contribution in [0.5, 0.6) is 0 Å². The summed E-state index contributed by atoms with van der Waals surface area (Å²) in [6.45, 7) is 4.22. The Kier molecular flexibility index (Phi) is 8.51. The van der Waals surface area contributed by atoms with Crippen molar-refractivity contribution in [3.63, 3.8) is 0 Å². The second kappa shape index (κ2) is 10.2. The van der Waals surface area contributed by atoms with E-state index in [0.29, 0.717) is 0 Å². The molecule has 0 aliphatic carbocycles. The van der Waals surface area contributed by atoms with Crippen molar-refractivity contribution in [3.8, 4) is 0 Å². The quantitative estimate of drug-likeness (QED) is 0.744. The van der Waals surface area contributed by atoms with E-state index in [1.807, 2.05) is 60.7 Å². The molecule has 0 aromatic heterocycles. The van der Waals surface area contributed by atoms with Gasteiger partial charge in [-0.3, -0.25) is 0 Å². The van der Waals surface area contributed by atoms with Gasteiger partial charge in [0.05, 0.1) is 0 Å². The van der Waals surface area contributed by atoms with Crippen LogP contribution in [0.2, 0.25) is 12.6 Å². The Morgan fingerprint density at radius 2 is 1.23 bits per heavy atom. The van der Waals surface area contributed by atoms with Gasteiger partial charge in [0.1, 0.15) is 0 Å². The molecule has 1 N–H and O–H groups in total. The molecule has 0 amide bonds. The Bertz CT molecular complexity index is 464. The molecule has 0 saturated heterocycles. The van der Waals surface area contributed by atoms with Gasteiger partial charge in [-0.25, -0.2) is 0 Å². The van der Waals surface area contributed by atoms with E-state index >= 15 is 0 Å². The van der Waals surface area contributed by atoms with E-state index in [1.54, 1.807) is 14.2 Å². The molecule has 0 fully saturated rings. The third-order valence-corrected chi connectivity index (χ3v) is 6.54. The summed E-state index contributed by atoms with van der Waals surface area (Å²) in [7, 11) is 1.76. The first-order valence-corrected chi connectivity index (χ1v) is 10.1. The predicted molar refractivity (Wildman–Crippen MR) is 96.9 cm³/mol. The van der Waals surface area contributed by atoms with Crippen LogP contribution < -0.4 is 5.32 Å². The average molecular weight is 318 g/mol. The number of benzene rings is 2. The van der Waals surface area contributed by atoms with Gasteiger partial charge in [-0.2, -0.15) is 0 Å². The Morgan fingerprint density at radius 3 is 1.50 bits per heavy atom. The SMILES string of the molecule is CCC[Si](C)(OC)OC.c1ccc(Nc2ccccc2)cc1. The van der Waals surface area contributed by atoms with Gasteiger partial charge in [0, 0.05) is 25.6 Å². The molecular formula is C18H27NO2Si. The molecule has 3 nitrogen and oxygen atoms in total. The molecule has 120 valence electrons. The topological polar surface area (TPSA) is 30.5 Å². The van der Waals surface area contributed by atoms with Gasteiger partial charge in [-0.05, 0) is 36.9 Å². The molecule has 22 heavy (non-hydrogen) atoms. The van der Waals surface area contributed by atoms with E-state index < -0.39 is 8.56 Å². The fourth-order valence-corrected chi connectivity index (χ4v) is 3.43. The summed E-state index contributed by atoms with van der Waals surface area (Å²) in [6, 6.07) is 21.4. The van der Waals surface area contributed by atoms with Crippen molar-refractivity contribution >= 4 is 19.9 Å². The number of anilines is 2. The third kappa shape index (κ3) is 6.89. The Labute approximate surface area is 135 Å². The van der Waals surface area contributed by atoms with Crippen LogP contribution in [0.1, 0.15) is 13.3 Å². The second-order valence-electron chi connectivity index (χ2n) is 5.15. The minimum absolute atomic E-state index is 1.08. The van der Waals surface area contributed by atoms with Gasteiger partial charge in [-0.1, -0.05) is 49.7 Å². The number of para-hydroxylation sites is 2. The summed E-state index contributed by atoms with van der Waals surface area (Å²) in [4.78, 5) is 0. The molecule has 0 aliphatic heterocycles. The standard InChI is InChI=1S/C12H11N.C6H16O2Si/c1-3-7-11(8-4-1)13-12-9-5-2-6-10-12;1-5-6-9(4,7-2)8-3/h1-10,13H;5-6H2,1-4H3. The third-order valence-electron chi connectivity index (χ3n) is 3.40. The maximum atomic E-state index is 5.24. The normalized spacial score (nSPS) is 10.5. The molecule has 0 saturated carbocycles. The summed E-state index contributed by atoms with van der Waals surface area (Å²) in [5.74, 6) is 0. The highest BCUT2D eigenvalue weighted by atomic mass is 28.4. The van der Waals surface area contributed by atoms with E-state index in [0.717, 1.165) is 23.8 Å². The summed E-state index contributed by atoms with van der Waals surface area (Å²) in [6.07, 6.45) is 1.14. The molecule has 0 unspecified atom stereocenters. The van der Waals surface area contributed by atoms with E-state index in [4.69, 9.17) is 8.85 Å². The van der Waals surface area contributed by atoms with E-state index in [2.05, 4.69) is 18.8 Å². The summed E-state index contributed by atoms with van der Waals surface area (Å²) < 4.78 is 10.5. The lowest BCUT2D eigenvalue weighted by molar-refractivity contribution is 0.249. The Balaban J connectivity index is 0.000000239. The van der Waals surface area contributed by atoms with Gasteiger partial charge in [-0.15, -0.1) is 0 Å². The van der Waals surface area contributed by atoms with Crippen LogP contribution in [-0.4, -0.2) is 22.8 Å². The predicted octanol–water partition coefficient (Wildman–Crippen LogP) is 5.19. The number of hydrogen-bond donors (Lipinski definition) is 1. The monoisotopic (exact) mass is 317 g/mol. The van der Waals surface area contributed by atoms with Gasteiger partial charge in [0.15, 0.2) is 0 Å².